The van der Waals surface area contributed by atoms with Crippen molar-refractivity contribution >= 4 is 34.6 Å². The highest BCUT2D eigenvalue weighted by Crippen LogP contribution is 2.17. The molecule has 0 saturated heterocycles. The number of rotatable bonds is 3. The molecular formula is C17H17N3S2. The maximum Gasteiger partial charge on any atom is 0.211 e. The Hall–Kier alpha value is -1.98. The van der Waals surface area contributed by atoms with Crippen LogP contribution in [0.15, 0.2) is 51.2 Å². The number of aryl methyl sites for hydroxylation is 3. The van der Waals surface area contributed by atoms with Crippen LogP contribution in [0.1, 0.15) is 21.7 Å². The molecule has 2 heterocycles. The van der Waals surface area contributed by atoms with Crippen LogP contribution in [-0.2, 0) is 0 Å². The van der Waals surface area contributed by atoms with E-state index in [-0.39, 0.29) is 0 Å². The molecule has 0 N–H and O–H groups in total. The van der Waals surface area contributed by atoms with Crippen molar-refractivity contribution in [3.8, 4) is 0 Å². The number of hydrogen-bond donors (Lipinski definition) is 0. The van der Waals surface area contributed by atoms with E-state index >= 15 is 0 Å². The Bertz CT molecular complexity index is 868. The first-order chi connectivity index (χ1) is 10.6. The van der Waals surface area contributed by atoms with Gasteiger partial charge in [0, 0.05) is 10.3 Å². The van der Waals surface area contributed by atoms with Gasteiger partial charge in [0.25, 0.3) is 0 Å². The summed E-state index contributed by atoms with van der Waals surface area (Å²) in [5.41, 5.74) is 4.58. The number of hydrogen-bond acceptors (Lipinski definition) is 4. The third-order valence-corrected chi connectivity index (χ3v) is 5.15. The van der Waals surface area contributed by atoms with E-state index in [2.05, 4.69) is 42.5 Å². The van der Waals surface area contributed by atoms with E-state index in [1.54, 1.807) is 22.7 Å². The first-order valence-corrected chi connectivity index (χ1v) is 8.76. The van der Waals surface area contributed by atoms with Crippen LogP contribution in [0, 0.1) is 20.8 Å². The van der Waals surface area contributed by atoms with E-state index in [0.29, 0.717) is 0 Å². The molecule has 2 aromatic heterocycles. The van der Waals surface area contributed by atoms with Gasteiger partial charge in [-0.2, -0.15) is 5.10 Å². The molecule has 0 aliphatic heterocycles. The SMILES string of the molecule is Cc1ccc(N=c2scc(C)n2N=Cc2cccs2)cc1C. The standard InChI is InChI=1S/C17H17N3S2/c1-12-6-7-15(9-13(12)2)19-17-20(14(3)11-22-17)18-10-16-5-4-8-21-16/h4-11H,1-3H3. The highest BCUT2D eigenvalue weighted by molar-refractivity contribution is 7.11. The third kappa shape index (κ3) is 3.26. The zero-order valence-electron chi connectivity index (χ0n) is 12.8. The molecule has 0 bridgehead atoms. The molecule has 0 fully saturated rings. The van der Waals surface area contributed by atoms with Gasteiger partial charge in [-0.25, -0.2) is 9.67 Å². The topological polar surface area (TPSA) is 29.6 Å². The van der Waals surface area contributed by atoms with Crippen LogP contribution in [0.2, 0.25) is 0 Å². The zero-order valence-corrected chi connectivity index (χ0v) is 14.4. The quantitative estimate of drug-likeness (QED) is 0.627. The summed E-state index contributed by atoms with van der Waals surface area (Å²) in [5.74, 6) is 0. The second kappa shape index (κ2) is 6.42. The summed E-state index contributed by atoms with van der Waals surface area (Å²) < 4.78 is 1.89. The monoisotopic (exact) mass is 327 g/mol. The molecule has 0 atom stereocenters. The zero-order chi connectivity index (χ0) is 15.5. The van der Waals surface area contributed by atoms with Crippen molar-refractivity contribution in [3.63, 3.8) is 0 Å². The van der Waals surface area contributed by atoms with Crippen molar-refractivity contribution in [1.82, 2.24) is 4.68 Å². The normalized spacial score (nSPS) is 12.4. The van der Waals surface area contributed by atoms with E-state index < -0.39 is 0 Å². The molecule has 5 heteroatoms. The first-order valence-electron chi connectivity index (χ1n) is 7.00. The van der Waals surface area contributed by atoms with E-state index in [9.17, 15) is 0 Å². The lowest BCUT2D eigenvalue weighted by Crippen LogP contribution is -2.11. The molecule has 0 radical (unpaired) electrons. The van der Waals surface area contributed by atoms with Crippen molar-refractivity contribution < 1.29 is 0 Å². The molecule has 0 amide bonds. The predicted octanol–water partition coefficient (Wildman–Crippen LogP) is 4.65. The minimum Gasteiger partial charge on any atom is -0.220 e. The Kier molecular flexibility index (Phi) is 4.36. The lowest BCUT2D eigenvalue weighted by molar-refractivity contribution is 0.810. The fourth-order valence-corrected chi connectivity index (χ4v) is 3.39. The van der Waals surface area contributed by atoms with Crippen LogP contribution in [0.4, 0.5) is 5.69 Å². The summed E-state index contributed by atoms with van der Waals surface area (Å²) >= 11 is 3.28. The van der Waals surface area contributed by atoms with Crippen LogP contribution in [0.5, 0.6) is 0 Å². The second-order valence-corrected chi connectivity index (χ2v) is 6.93. The van der Waals surface area contributed by atoms with Crippen LogP contribution in [0.25, 0.3) is 0 Å². The summed E-state index contributed by atoms with van der Waals surface area (Å²) in [7, 11) is 0. The molecule has 3 nitrogen and oxygen atoms in total. The average Bonchev–Trinajstić information content (AvgIpc) is 3.12. The van der Waals surface area contributed by atoms with E-state index in [0.717, 1.165) is 21.1 Å². The van der Waals surface area contributed by atoms with E-state index in [1.807, 2.05) is 35.3 Å². The summed E-state index contributed by atoms with van der Waals surface area (Å²) in [6.07, 6.45) is 1.88. The molecule has 0 aliphatic rings. The molecule has 22 heavy (non-hydrogen) atoms. The van der Waals surface area contributed by atoms with Crippen LogP contribution in [-0.4, -0.2) is 10.9 Å². The van der Waals surface area contributed by atoms with Gasteiger partial charge in [-0.15, -0.1) is 22.7 Å². The van der Waals surface area contributed by atoms with Crippen LogP contribution >= 0.6 is 22.7 Å². The fraction of sp³-hybridized carbons (Fsp3) is 0.176. The molecule has 0 unspecified atom stereocenters. The molecule has 3 rings (SSSR count). The molecule has 112 valence electrons. The molecule has 0 spiro atoms. The van der Waals surface area contributed by atoms with Gasteiger partial charge in [0.2, 0.25) is 4.80 Å². The lowest BCUT2D eigenvalue weighted by atomic mass is 10.1. The first kappa shape index (κ1) is 14.9. The minimum absolute atomic E-state index is 0.883. The van der Waals surface area contributed by atoms with E-state index in [4.69, 9.17) is 4.99 Å². The van der Waals surface area contributed by atoms with Gasteiger partial charge in [0.05, 0.1) is 17.6 Å². The molecule has 0 saturated carbocycles. The van der Waals surface area contributed by atoms with Crippen molar-refractivity contribution in [1.29, 1.82) is 0 Å². The Morgan fingerprint density at radius 3 is 2.64 bits per heavy atom. The van der Waals surface area contributed by atoms with Gasteiger partial charge in [-0.1, -0.05) is 12.1 Å². The molecule has 3 aromatic rings. The summed E-state index contributed by atoms with van der Waals surface area (Å²) in [5, 5.41) is 8.69. The van der Waals surface area contributed by atoms with Crippen LogP contribution < -0.4 is 4.80 Å². The second-order valence-electron chi connectivity index (χ2n) is 5.11. The third-order valence-electron chi connectivity index (χ3n) is 3.41. The van der Waals surface area contributed by atoms with Gasteiger partial charge in [0.1, 0.15) is 0 Å². The summed E-state index contributed by atoms with van der Waals surface area (Å²) in [6.45, 7) is 6.26. The average molecular weight is 327 g/mol. The molecular weight excluding hydrogens is 310 g/mol. The molecule has 1 aromatic carbocycles. The van der Waals surface area contributed by atoms with Crippen molar-refractivity contribution in [2.24, 2.45) is 10.1 Å². The van der Waals surface area contributed by atoms with E-state index in [1.165, 1.54) is 11.1 Å². The number of thiazole rings is 1. The number of aromatic nitrogens is 1. The Morgan fingerprint density at radius 1 is 1.05 bits per heavy atom. The van der Waals surface area contributed by atoms with Gasteiger partial charge in [0.15, 0.2) is 0 Å². The van der Waals surface area contributed by atoms with Gasteiger partial charge in [-0.3, -0.25) is 0 Å². The van der Waals surface area contributed by atoms with Crippen LogP contribution in [0.3, 0.4) is 0 Å². The van der Waals surface area contributed by atoms with Crippen molar-refractivity contribution in [2.75, 3.05) is 0 Å². The Balaban J connectivity index is 2.01. The highest BCUT2D eigenvalue weighted by atomic mass is 32.1. The maximum atomic E-state index is 4.73. The number of thiophene rings is 1. The lowest BCUT2D eigenvalue weighted by Gasteiger charge is -2.01. The van der Waals surface area contributed by atoms with Crippen molar-refractivity contribution in [2.45, 2.75) is 20.8 Å². The van der Waals surface area contributed by atoms with Gasteiger partial charge < -0.3 is 0 Å². The van der Waals surface area contributed by atoms with Crippen molar-refractivity contribution in [3.05, 3.63) is 67.6 Å². The van der Waals surface area contributed by atoms with Gasteiger partial charge >= 0.3 is 0 Å². The Labute approximate surface area is 137 Å². The smallest absolute Gasteiger partial charge is 0.211 e. The highest BCUT2D eigenvalue weighted by Gasteiger charge is 2.01. The largest absolute Gasteiger partial charge is 0.220 e. The minimum atomic E-state index is 0.883. The molecule has 0 aliphatic carbocycles. The summed E-state index contributed by atoms with van der Waals surface area (Å²) in [4.78, 5) is 6.75. The Morgan fingerprint density at radius 2 is 1.91 bits per heavy atom. The summed E-state index contributed by atoms with van der Waals surface area (Å²) in [6, 6.07) is 10.3. The number of benzene rings is 1. The van der Waals surface area contributed by atoms with Gasteiger partial charge in [-0.05, 0) is 55.5 Å². The predicted molar refractivity (Wildman–Crippen MR) is 95.5 cm³/mol. The fourth-order valence-electron chi connectivity index (χ4n) is 1.99. The maximum absolute atomic E-state index is 4.73. The number of nitrogens with zero attached hydrogens (tertiary/aromatic N) is 3.